The lowest BCUT2D eigenvalue weighted by Crippen LogP contribution is -2.10. The van der Waals surface area contributed by atoms with Gasteiger partial charge in [-0.3, -0.25) is 0 Å². The van der Waals surface area contributed by atoms with Crippen LogP contribution in [0.25, 0.3) is 0 Å². The molecule has 0 aliphatic heterocycles. The molecule has 1 rings (SSSR count). The molecule has 0 spiro atoms. The maximum Gasteiger partial charge on any atom is 0.0911 e. The number of allylic oxidation sites excluding steroid dienone is 2. The van der Waals surface area contributed by atoms with Crippen molar-refractivity contribution in [3.63, 3.8) is 0 Å². The van der Waals surface area contributed by atoms with Gasteiger partial charge in [0.2, 0.25) is 0 Å². The van der Waals surface area contributed by atoms with Crippen molar-refractivity contribution in [1.29, 1.82) is 5.26 Å². The average Bonchev–Trinajstić information content (AvgIpc) is 2.04. The molecule has 1 saturated carbocycles. The molecule has 0 bridgehead atoms. The van der Waals surface area contributed by atoms with Gasteiger partial charge in [0.05, 0.1) is 6.07 Å². The van der Waals surface area contributed by atoms with Gasteiger partial charge < -0.3 is 0 Å². The van der Waals surface area contributed by atoms with E-state index in [1.807, 2.05) is 0 Å². The van der Waals surface area contributed by atoms with E-state index < -0.39 is 0 Å². The van der Waals surface area contributed by atoms with E-state index in [-0.39, 0.29) is 0 Å². The summed E-state index contributed by atoms with van der Waals surface area (Å²) in [4.78, 5) is 0. The Hall–Kier alpha value is -0.770. The minimum absolute atomic E-state index is 0.798. The van der Waals surface area contributed by atoms with Crippen molar-refractivity contribution >= 4 is 0 Å². The van der Waals surface area contributed by atoms with Crippen LogP contribution in [0.2, 0.25) is 0 Å². The molecular weight excluding hydrogens is 158 g/mol. The predicted octanol–water partition coefficient (Wildman–Crippen LogP) is 3.67. The van der Waals surface area contributed by atoms with Gasteiger partial charge in [0.25, 0.3) is 0 Å². The van der Waals surface area contributed by atoms with E-state index in [1.165, 1.54) is 31.3 Å². The minimum Gasteiger partial charge on any atom is -0.193 e. The van der Waals surface area contributed by atoms with E-state index in [1.54, 1.807) is 6.08 Å². The number of nitrogens with zero attached hydrogens (tertiary/aromatic N) is 1. The highest BCUT2D eigenvalue weighted by Gasteiger charge is 2.17. The first kappa shape index (κ1) is 10.3. The highest BCUT2D eigenvalue weighted by atomic mass is 14.3. The van der Waals surface area contributed by atoms with Crippen LogP contribution in [-0.2, 0) is 0 Å². The lowest BCUT2D eigenvalue weighted by molar-refractivity contribution is 0.346. The van der Waals surface area contributed by atoms with Gasteiger partial charge in [-0.05, 0) is 43.9 Å². The minimum atomic E-state index is 0.798. The summed E-state index contributed by atoms with van der Waals surface area (Å²) >= 11 is 0. The van der Waals surface area contributed by atoms with Crippen molar-refractivity contribution in [2.75, 3.05) is 0 Å². The molecule has 1 atom stereocenters. The Balaban J connectivity index is 2.43. The van der Waals surface area contributed by atoms with E-state index in [0.717, 1.165) is 18.3 Å². The SMILES string of the molecule is CC(C)CC1CCCC(=CC#N)C1. The molecular formula is C12H19N. The number of rotatable bonds is 2. The smallest absolute Gasteiger partial charge is 0.0911 e. The van der Waals surface area contributed by atoms with Crippen LogP contribution in [0.1, 0.15) is 46.0 Å². The zero-order chi connectivity index (χ0) is 9.68. The Kier molecular flexibility index (Phi) is 4.02. The van der Waals surface area contributed by atoms with Gasteiger partial charge in [0.1, 0.15) is 0 Å². The molecule has 0 heterocycles. The van der Waals surface area contributed by atoms with Crippen molar-refractivity contribution in [3.8, 4) is 6.07 Å². The van der Waals surface area contributed by atoms with Crippen LogP contribution in [0.3, 0.4) is 0 Å². The fourth-order valence-electron chi connectivity index (χ4n) is 2.28. The van der Waals surface area contributed by atoms with Gasteiger partial charge >= 0.3 is 0 Å². The van der Waals surface area contributed by atoms with Gasteiger partial charge in [0.15, 0.2) is 0 Å². The molecule has 0 aromatic heterocycles. The zero-order valence-electron chi connectivity index (χ0n) is 8.71. The molecule has 72 valence electrons. The summed E-state index contributed by atoms with van der Waals surface area (Å²) in [5, 5.41) is 8.56. The third-order valence-corrected chi connectivity index (χ3v) is 2.73. The number of nitriles is 1. The van der Waals surface area contributed by atoms with Crippen molar-refractivity contribution < 1.29 is 0 Å². The molecule has 0 N–H and O–H groups in total. The fourth-order valence-corrected chi connectivity index (χ4v) is 2.28. The van der Waals surface area contributed by atoms with E-state index in [0.29, 0.717) is 0 Å². The van der Waals surface area contributed by atoms with Crippen LogP contribution < -0.4 is 0 Å². The molecule has 1 fully saturated rings. The largest absolute Gasteiger partial charge is 0.193 e. The lowest BCUT2D eigenvalue weighted by Gasteiger charge is -2.25. The van der Waals surface area contributed by atoms with Crippen LogP contribution in [0, 0.1) is 23.2 Å². The molecule has 1 nitrogen and oxygen atoms in total. The highest BCUT2D eigenvalue weighted by Crippen LogP contribution is 2.32. The highest BCUT2D eigenvalue weighted by molar-refractivity contribution is 5.15. The summed E-state index contributed by atoms with van der Waals surface area (Å²) in [6, 6.07) is 2.15. The van der Waals surface area contributed by atoms with E-state index in [9.17, 15) is 0 Å². The maximum absolute atomic E-state index is 8.56. The molecule has 1 unspecified atom stereocenters. The van der Waals surface area contributed by atoms with E-state index in [4.69, 9.17) is 5.26 Å². The topological polar surface area (TPSA) is 23.8 Å². The number of hydrogen-bond acceptors (Lipinski definition) is 1. The average molecular weight is 177 g/mol. The molecule has 0 radical (unpaired) electrons. The first-order valence-electron chi connectivity index (χ1n) is 5.30. The predicted molar refractivity (Wildman–Crippen MR) is 55.1 cm³/mol. The fraction of sp³-hybridized carbons (Fsp3) is 0.750. The van der Waals surface area contributed by atoms with Crippen molar-refractivity contribution in [3.05, 3.63) is 11.6 Å². The molecule has 0 aromatic carbocycles. The third-order valence-electron chi connectivity index (χ3n) is 2.73. The third kappa shape index (κ3) is 3.63. The van der Waals surface area contributed by atoms with E-state index in [2.05, 4.69) is 19.9 Å². The molecule has 1 aliphatic rings. The maximum atomic E-state index is 8.56. The quantitative estimate of drug-likeness (QED) is 0.590. The monoisotopic (exact) mass is 177 g/mol. The van der Waals surface area contributed by atoms with Gasteiger partial charge in [-0.1, -0.05) is 19.4 Å². The molecule has 0 saturated heterocycles. The lowest BCUT2D eigenvalue weighted by atomic mass is 9.81. The molecule has 0 amide bonds. The first-order chi connectivity index (χ1) is 6.22. The summed E-state index contributed by atoms with van der Waals surface area (Å²) in [6.45, 7) is 4.56. The van der Waals surface area contributed by atoms with Crippen molar-refractivity contribution in [2.45, 2.75) is 46.0 Å². The second-order valence-corrected chi connectivity index (χ2v) is 4.52. The molecule has 1 aliphatic carbocycles. The standard InChI is InChI=1S/C12H19N/c1-10(2)8-12-5-3-4-11(9-12)6-7-13/h6,10,12H,3-5,8-9H2,1-2H3. The van der Waals surface area contributed by atoms with E-state index >= 15 is 0 Å². The summed E-state index contributed by atoms with van der Waals surface area (Å²) in [5.74, 6) is 1.64. The summed E-state index contributed by atoms with van der Waals surface area (Å²) in [7, 11) is 0. The van der Waals surface area contributed by atoms with Crippen molar-refractivity contribution in [1.82, 2.24) is 0 Å². The Morgan fingerprint density at radius 1 is 1.62 bits per heavy atom. The zero-order valence-corrected chi connectivity index (χ0v) is 8.71. The molecule has 1 heteroatoms. The Morgan fingerprint density at radius 3 is 3.00 bits per heavy atom. The number of hydrogen-bond donors (Lipinski definition) is 0. The van der Waals surface area contributed by atoms with Crippen LogP contribution in [0.5, 0.6) is 0 Å². The van der Waals surface area contributed by atoms with Crippen LogP contribution >= 0.6 is 0 Å². The second kappa shape index (κ2) is 5.07. The van der Waals surface area contributed by atoms with Crippen LogP contribution in [0.15, 0.2) is 11.6 Å². The van der Waals surface area contributed by atoms with Crippen molar-refractivity contribution in [2.24, 2.45) is 11.8 Å². The Labute approximate surface area is 81.5 Å². The molecule has 0 aromatic rings. The molecule has 13 heavy (non-hydrogen) atoms. The van der Waals surface area contributed by atoms with Crippen LogP contribution in [0.4, 0.5) is 0 Å². The summed E-state index contributed by atoms with van der Waals surface area (Å²) in [5.41, 5.74) is 1.37. The van der Waals surface area contributed by atoms with Gasteiger partial charge in [-0.2, -0.15) is 5.26 Å². The van der Waals surface area contributed by atoms with Gasteiger partial charge in [-0.25, -0.2) is 0 Å². The summed E-state index contributed by atoms with van der Waals surface area (Å²) < 4.78 is 0. The summed E-state index contributed by atoms with van der Waals surface area (Å²) in [6.07, 6.45) is 8.05. The van der Waals surface area contributed by atoms with Crippen LogP contribution in [-0.4, -0.2) is 0 Å². The normalized spacial score (nSPS) is 26.3. The first-order valence-corrected chi connectivity index (χ1v) is 5.30. The van der Waals surface area contributed by atoms with Gasteiger partial charge in [-0.15, -0.1) is 0 Å². The van der Waals surface area contributed by atoms with Gasteiger partial charge in [0, 0.05) is 6.08 Å². The second-order valence-electron chi connectivity index (χ2n) is 4.52. The Bertz CT molecular complexity index is 220. The Morgan fingerprint density at radius 2 is 2.38 bits per heavy atom.